The molecule has 0 saturated heterocycles. The van der Waals surface area contributed by atoms with E-state index in [-0.39, 0.29) is 197 Å². The fourth-order valence-corrected chi connectivity index (χ4v) is 8.29. The van der Waals surface area contributed by atoms with Crippen molar-refractivity contribution in [2.75, 3.05) is 0 Å². The molecule has 0 spiro atoms. The third-order valence-corrected chi connectivity index (χ3v) is 11.5. The maximum absolute atomic E-state index is 7.04. The first-order valence-electron chi connectivity index (χ1n) is 17.3. The summed E-state index contributed by atoms with van der Waals surface area (Å²) in [5, 5.41) is 0.803. The lowest BCUT2D eigenvalue weighted by atomic mass is 9.56. The molecule has 7 aromatic carbocycles. The molecule has 8 rings (SSSR count). The summed E-state index contributed by atoms with van der Waals surface area (Å²) >= 11 is 0. The average molecular weight is 686 g/mol. The number of benzene rings is 7. The van der Waals surface area contributed by atoms with Crippen LogP contribution in [0.1, 0.15) is 0 Å². The Balaban J connectivity index is 1.81. The van der Waals surface area contributed by atoms with Crippen molar-refractivity contribution in [1.29, 1.82) is 0 Å². The molecule has 0 bridgehead atoms. The number of rotatable bonds is 2. The zero-order chi connectivity index (χ0) is 43.5. The van der Waals surface area contributed by atoms with Crippen LogP contribution in [0, 0.1) is 0 Å². The van der Waals surface area contributed by atoms with Gasteiger partial charge in [0.25, 0.3) is 0 Å². The largest absolute Gasteiger partial charge is 0.457 e. The van der Waals surface area contributed by atoms with E-state index in [1.165, 1.54) is 0 Å². The molecule has 0 atom stereocenters. The highest BCUT2D eigenvalue weighted by Crippen LogP contribution is 2.42. The number of furan rings is 1. The SMILES string of the molecule is [B]c1c([B])c([B])c(-c2c3c([B])c([B])c([B])c([B])c3c(-c3c([B])c([B])c([B])c4oc5c([B])c6c([B])c([B])c([B])c([B])c6c([B])c5c34)c3c([B])c([B])c([B])c([B])c23)c([B])c1[B]. The number of fused-ring (bicyclic) bond motifs is 6. The number of hydrogen-bond acceptors (Lipinski definition) is 1. The molecule has 0 aliphatic carbocycles. The van der Waals surface area contributed by atoms with Crippen LogP contribution in [-0.4, -0.2) is 173 Å². The van der Waals surface area contributed by atoms with Crippen LogP contribution < -0.4 is 120 Å². The van der Waals surface area contributed by atoms with Gasteiger partial charge in [-0.3, -0.25) is 0 Å². The van der Waals surface area contributed by atoms with Crippen molar-refractivity contribution in [2.24, 2.45) is 0 Å². The molecule has 0 N–H and O–H groups in total. The highest BCUT2D eigenvalue weighted by Gasteiger charge is 2.31. The lowest BCUT2D eigenvalue weighted by Gasteiger charge is -2.32. The first-order chi connectivity index (χ1) is 27.5. The van der Waals surface area contributed by atoms with Gasteiger partial charge < -0.3 is 4.42 Å². The predicted molar refractivity (Wildman–Crippen MR) is 276 cm³/mol. The molecule has 0 aliphatic heterocycles. The van der Waals surface area contributed by atoms with Gasteiger partial charge in [-0.05, 0) is 60.0 Å². The van der Waals surface area contributed by atoms with Crippen LogP contribution in [0.2, 0.25) is 0 Å². The quantitative estimate of drug-likeness (QED) is 0.130. The molecule has 0 aliphatic rings. The van der Waals surface area contributed by atoms with Crippen LogP contribution in [-0.2, 0) is 0 Å². The second-order valence-corrected chi connectivity index (χ2v) is 14.4. The molecule has 8 aromatic rings. The smallest absolute Gasteiger partial charge is 0.128 e. The maximum Gasteiger partial charge on any atom is 0.128 e. The van der Waals surface area contributed by atoms with E-state index < -0.39 is 0 Å². The van der Waals surface area contributed by atoms with Gasteiger partial charge in [0.15, 0.2) is 0 Å². The van der Waals surface area contributed by atoms with Crippen LogP contribution in [0.3, 0.4) is 0 Å². The van der Waals surface area contributed by atoms with Crippen molar-refractivity contribution < 1.29 is 4.42 Å². The van der Waals surface area contributed by atoms with Crippen LogP contribution in [0.25, 0.3) is 76.5 Å². The molecular weight excluding hydrogens is 686 g/mol. The van der Waals surface area contributed by atoms with Crippen molar-refractivity contribution in [1.82, 2.24) is 0 Å². The Hall–Kier alpha value is -3.45. The number of hydrogen-bond donors (Lipinski definition) is 0. The van der Waals surface area contributed by atoms with E-state index >= 15 is 0 Å². The van der Waals surface area contributed by atoms with Gasteiger partial charge >= 0.3 is 0 Å². The van der Waals surface area contributed by atoms with Crippen LogP contribution in [0.4, 0.5) is 0 Å². The van der Waals surface area contributed by atoms with Gasteiger partial charge in [-0.2, -0.15) is 0 Å². The van der Waals surface area contributed by atoms with E-state index in [1.54, 1.807) is 0 Å². The summed E-state index contributed by atoms with van der Waals surface area (Å²) in [6.45, 7) is 0. The van der Waals surface area contributed by atoms with Gasteiger partial charge in [0.1, 0.15) is 184 Å². The van der Waals surface area contributed by atoms with Crippen LogP contribution in [0.15, 0.2) is 4.42 Å². The van der Waals surface area contributed by atoms with Crippen molar-refractivity contribution in [3.05, 3.63) is 0 Å². The molecule has 0 unspecified atom stereocenters. The molecule has 1 aromatic heterocycles. The Bertz CT molecular complexity index is 3240. The first-order valence-corrected chi connectivity index (χ1v) is 17.3. The summed E-state index contributed by atoms with van der Waals surface area (Å²) in [4.78, 5) is 0. The fraction of sp³-hybridized carbons (Fsp3) is 0. The average Bonchev–Trinajstić information content (AvgIpc) is 3.61. The van der Waals surface area contributed by atoms with E-state index in [1.807, 2.05) is 0 Å². The molecule has 23 heteroatoms. The molecule has 0 saturated carbocycles. The Morgan fingerprint density at radius 3 is 0.797 bits per heavy atom. The summed E-state index contributed by atoms with van der Waals surface area (Å²) in [6.07, 6.45) is 0. The van der Waals surface area contributed by atoms with Crippen molar-refractivity contribution in [2.45, 2.75) is 0 Å². The summed E-state index contributed by atoms with van der Waals surface area (Å²) in [5.41, 5.74) is -2.08. The van der Waals surface area contributed by atoms with Gasteiger partial charge in [-0.25, -0.2) is 0 Å². The van der Waals surface area contributed by atoms with E-state index in [0.717, 1.165) is 0 Å². The molecular formula is C36B22O. The summed E-state index contributed by atoms with van der Waals surface area (Å²) < 4.78 is 6.44. The van der Waals surface area contributed by atoms with Gasteiger partial charge in [0, 0.05) is 10.8 Å². The fourth-order valence-electron chi connectivity index (χ4n) is 8.29. The third-order valence-electron chi connectivity index (χ3n) is 11.5. The van der Waals surface area contributed by atoms with Crippen LogP contribution >= 0.6 is 0 Å². The zero-order valence-corrected chi connectivity index (χ0v) is 31.1. The van der Waals surface area contributed by atoms with Gasteiger partial charge in [0.2, 0.25) is 0 Å². The van der Waals surface area contributed by atoms with Crippen LogP contribution in [0.5, 0.6) is 0 Å². The second kappa shape index (κ2) is 14.0. The Kier molecular flexibility index (Phi) is 10.1. The Morgan fingerprint density at radius 1 is 0.153 bits per heavy atom. The summed E-state index contributed by atoms with van der Waals surface area (Å²) in [6, 6.07) is 0. The highest BCUT2D eigenvalue weighted by atomic mass is 16.3. The van der Waals surface area contributed by atoms with E-state index in [9.17, 15) is 0 Å². The minimum absolute atomic E-state index is 0.00632. The van der Waals surface area contributed by atoms with E-state index in [0.29, 0.717) is 0 Å². The Labute approximate surface area is 371 Å². The molecule has 0 amide bonds. The van der Waals surface area contributed by atoms with Gasteiger partial charge in [-0.15, -0.1) is 54.6 Å². The second-order valence-electron chi connectivity index (χ2n) is 14.4. The molecule has 1 heterocycles. The molecule has 0 fully saturated rings. The summed E-state index contributed by atoms with van der Waals surface area (Å²) in [7, 11) is 146. The van der Waals surface area contributed by atoms with Gasteiger partial charge in [-0.1, -0.05) is 60.1 Å². The first kappa shape index (κ1) is 42.2. The van der Waals surface area contributed by atoms with Crippen molar-refractivity contribution >= 4 is 347 Å². The zero-order valence-electron chi connectivity index (χ0n) is 31.1. The predicted octanol–water partition coefficient (Wildman–Crippen LogP) is -16.2. The highest BCUT2D eigenvalue weighted by molar-refractivity contribution is 6.76. The molecule has 44 radical (unpaired) electrons. The monoisotopic (exact) mass is 690 g/mol. The molecule has 59 heavy (non-hydrogen) atoms. The summed E-state index contributed by atoms with van der Waals surface area (Å²) in [5.74, 6) is 0. The van der Waals surface area contributed by atoms with Crippen molar-refractivity contribution in [3.63, 3.8) is 0 Å². The standard InChI is InChI=1S/C36B22O/c37-13-10-11(22(46)29(53)28(52)21(10)45)23(47)36-12(13)8-7(18(42)32(56)34(58)35(8)59-36)1-3-5(16(40)26(50)24(48)14(3)38)2(6-4(1)15(39)25(49)27(51)17(6)41)9-19(43)30(54)33(57)31(55)20(9)44. The normalized spacial score (nSPS) is 11.9. The minimum Gasteiger partial charge on any atom is -0.457 e. The lowest BCUT2D eigenvalue weighted by Crippen LogP contribution is -2.55. The third kappa shape index (κ3) is 5.30. The molecule has 1 nitrogen and oxygen atoms in total. The maximum atomic E-state index is 7.04. The minimum atomic E-state index is -0.149. The van der Waals surface area contributed by atoms with Gasteiger partial charge in [0.05, 0.1) is 0 Å². The van der Waals surface area contributed by atoms with E-state index in [2.05, 4.69) is 0 Å². The Morgan fingerprint density at radius 2 is 0.407 bits per heavy atom. The molecule has 216 valence electrons. The lowest BCUT2D eigenvalue weighted by molar-refractivity contribution is 0.675. The van der Waals surface area contributed by atoms with Crippen molar-refractivity contribution in [3.8, 4) is 22.3 Å². The van der Waals surface area contributed by atoms with E-state index in [4.69, 9.17) is 177 Å². The topological polar surface area (TPSA) is 13.1 Å².